The van der Waals surface area contributed by atoms with Crippen LogP contribution >= 0.6 is 0 Å². The lowest BCUT2D eigenvalue weighted by Crippen LogP contribution is -2.54. The molecule has 6 nitrogen and oxygen atoms in total. The number of carbonyl (C=O) groups is 3. The highest BCUT2D eigenvalue weighted by Gasteiger charge is 2.36. The third-order valence-corrected chi connectivity index (χ3v) is 4.13. The quantitative estimate of drug-likeness (QED) is 0.679. The number of imide groups is 2. The fourth-order valence-corrected chi connectivity index (χ4v) is 2.64. The van der Waals surface area contributed by atoms with Crippen molar-refractivity contribution in [1.82, 2.24) is 5.32 Å². The van der Waals surface area contributed by atoms with Crippen molar-refractivity contribution >= 4 is 29.6 Å². The number of rotatable bonds is 4. The number of anilines is 1. The largest absolute Gasteiger partial charge is 0.497 e. The highest BCUT2D eigenvalue weighted by Crippen LogP contribution is 2.24. The Morgan fingerprint density at radius 3 is 2.23 bits per heavy atom. The molecule has 4 amide bonds. The van der Waals surface area contributed by atoms with Gasteiger partial charge in [-0.1, -0.05) is 31.2 Å². The summed E-state index contributed by atoms with van der Waals surface area (Å²) in [5.41, 5.74) is 2.13. The van der Waals surface area contributed by atoms with Gasteiger partial charge in [0.15, 0.2) is 0 Å². The summed E-state index contributed by atoms with van der Waals surface area (Å²) in [5.74, 6) is -0.769. The highest BCUT2D eigenvalue weighted by molar-refractivity contribution is 6.39. The molecule has 1 aliphatic rings. The molecule has 1 fully saturated rings. The Balaban J connectivity index is 1.95. The van der Waals surface area contributed by atoms with E-state index in [2.05, 4.69) is 5.32 Å². The summed E-state index contributed by atoms with van der Waals surface area (Å²) in [6.45, 7) is 2.05. The first-order chi connectivity index (χ1) is 12.5. The molecule has 0 saturated carbocycles. The number of hydrogen-bond acceptors (Lipinski definition) is 4. The van der Waals surface area contributed by atoms with E-state index in [0.29, 0.717) is 17.0 Å². The van der Waals surface area contributed by atoms with Crippen molar-refractivity contribution < 1.29 is 19.1 Å². The zero-order chi connectivity index (χ0) is 18.7. The first kappa shape index (κ1) is 17.4. The van der Waals surface area contributed by atoms with Crippen LogP contribution in [0.2, 0.25) is 0 Å². The van der Waals surface area contributed by atoms with Crippen molar-refractivity contribution in [3.05, 3.63) is 65.2 Å². The van der Waals surface area contributed by atoms with Gasteiger partial charge in [0.2, 0.25) is 0 Å². The summed E-state index contributed by atoms with van der Waals surface area (Å²) in [4.78, 5) is 38.0. The van der Waals surface area contributed by atoms with Gasteiger partial charge < -0.3 is 4.74 Å². The van der Waals surface area contributed by atoms with Crippen molar-refractivity contribution in [2.75, 3.05) is 12.0 Å². The summed E-state index contributed by atoms with van der Waals surface area (Å²) in [6.07, 6.45) is 2.39. The molecule has 1 N–H and O–H groups in total. The second kappa shape index (κ2) is 7.23. The first-order valence-electron chi connectivity index (χ1n) is 8.18. The van der Waals surface area contributed by atoms with Crippen LogP contribution in [0.4, 0.5) is 10.5 Å². The molecule has 0 aliphatic carbocycles. The van der Waals surface area contributed by atoms with Crippen LogP contribution in [0.15, 0.2) is 54.1 Å². The fraction of sp³-hybridized carbons (Fsp3) is 0.150. The molecular formula is C20H18N2O4. The number of ether oxygens (including phenoxy) is 1. The Bertz CT molecular complexity index is 883. The number of amides is 4. The van der Waals surface area contributed by atoms with Crippen molar-refractivity contribution in [3.8, 4) is 5.75 Å². The predicted molar refractivity (Wildman–Crippen MR) is 97.8 cm³/mol. The molecule has 0 bridgehead atoms. The number of benzene rings is 2. The maximum atomic E-state index is 12.8. The molecule has 2 aromatic carbocycles. The van der Waals surface area contributed by atoms with E-state index < -0.39 is 17.8 Å². The van der Waals surface area contributed by atoms with E-state index in [0.717, 1.165) is 16.9 Å². The Labute approximate surface area is 151 Å². The molecule has 0 spiro atoms. The second-order valence-electron chi connectivity index (χ2n) is 5.75. The van der Waals surface area contributed by atoms with Crippen LogP contribution in [0.5, 0.6) is 5.75 Å². The third-order valence-electron chi connectivity index (χ3n) is 4.13. The standard InChI is InChI=1S/C20H18N2O4/c1-3-13-4-6-14(7-5-13)12-17-18(23)21-20(25)22(19(17)24)15-8-10-16(26-2)11-9-15/h4-12H,3H2,1-2H3,(H,21,23,25)/b17-12-. The van der Waals surface area contributed by atoms with Gasteiger partial charge in [-0.15, -0.1) is 0 Å². The lowest BCUT2D eigenvalue weighted by Gasteiger charge is -2.26. The van der Waals surface area contributed by atoms with E-state index >= 15 is 0 Å². The predicted octanol–water partition coefficient (Wildman–Crippen LogP) is 2.92. The van der Waals surface area contributed by atoms with Crippen LogP contribution in [0, 0.1) is 0 Å². The minimum Gasteiger partial charge on any atom is -0.497 e. The molecule has 1 saturated heterocycles. The highest BCUT2D eigenvalue weighted by atomic mass is 16.5. The normalized spacial score (nSPS) is 16.0. The van der Waals surface area contributed by atoms with Crippen molar-refractivity contribution in [2.45, 2.75) is 13.3 Å². The van der Waals surface area contributed by atoms with Gasteiger partial charge in [0.1, 0.15) is 11.3 Å². The molecule has 3 rings (SSSR count). The number of methoxy groups -OCH3 is 1. The number of nitrogens with one attached hydrogen (secondary N) is 1. The lowest BCUT2D eigenvalue weighted by atomic mass is 10.0. The number of carbonyl (C=O) groups excluding carboxylic acids is 3. The maximum absolute atomic E-state index is 12.8. The maximum Gasteiger partial charge on any atom is 0.335 e. The molecule has 0 unspecified atom stereocenters. The molecule has 0 atom stereocenters. The summed E-state index contributed by atoms with van der Waals surface area (Å²) in [5, 5.41) is 2.21. The van der Waals surface area contributed by atoms with E-state index in [9.17, 15) is 14.4 Å². The van der Waals surface area contributed by atoms with Crippen LogP contribution in [0.3, 0.4) is 0 Å². The van der Waals surface area contributed by atoms with E-state index in [1.807, 2.05) is 31.2 Å². The summed E-state index contributed by atoms with van der Waals surface area (Å²) < 4.78 is 5.08. The molecule has 0 radical (unpaired) electrons. The van der Waals surface area contributed by atoms with Gasteiger partial charge in [0.25, 0.3) is 11.8 Å². The van der Waals surface area contributed by atoms with Crippen LogP contribution < -0.4 is 15.0 Å². The summed E-state index contributed by atoms with van der Waals surface area (Å²) in [6, 6.07) is 13.2. The molecule has 0 aromatic heterocycles. The monoisotopic (exact) mass is 350 g/mol. The fourth-order valence-electron chi connectivity index (χ4n) is 2.64. The van der Waals surface area contributed by atoms with Crippen LogP contribution in [0.1, 0.15) is 18.1 Å². The molecule has 26 heavy (non-hydrogen) atoms. The summed E-state index contributed by atoms with van der Waals surface area (Å²) in [7, 11) is 1.52. The van der Waals surface area contributed by atoms with Crippen LogP contribution in [-0.4, -0.2) is 25.0 Å². The van der Waals surface area contributed by atoms with Crippen LogP contribution in [0.25, 0.3) is 6.08 Å². The Morgan fingerprint density at radius 2 is 1.65 bits per heavy atom. The molecular weight excluding hydrogens is 332 g/mol. The Morgan fingerprint density at radius 1 is 1.00 bits per heavy atom. The number of barbiturate groups is 1. The van der Waals surface area contributed by atoms with E-state index in [-0.39, 0.29) is 5.57 Å². The van der Waals surface area contributed by atoms with Crippen LogP contribution in [-0.2, 0) is 16.0 Å². The van der Waals surface area contributed by atoms with Crippen molar-refractivity contribution in [1.29, 1.82) is 0 Å². The van der Waals surface area contributed by atoms with Gasteiger partial charge in [-0.3, -0.25) is 14.9 Å². The number of urea groups is 1. The minimum atomic E-state index is -0.774. The molecule has 2 aromatic rings. The molecule has 1 aliphatic heterocycles. The van der Waals surface area contributed by atoms with Gasteiger partial charge in [-0.05, 0) is 47.9 Å². The van der Waals surface area contributed by atoms with E-state index in [4.69, 9.17) is 4.74 Å². The van der Waals surface area contributed by atoms with Gasteiger partial charge in [-0.2, -0.15) is 0 Å². The average Bonchev–Trinajstić information content (AvgIpc) is 2.66. The second-order valence-corrected chi connectivity index (χ2v) is 5.75. The lowest BCUT2D eigenvalue weighted by molar-refractivity contribution is -0.122. The molecule has 132 valence electrons. The summed E-state index contributed by atoms with van der Waals surface area (Å²) >= 11 is 0. The SMILES string of the molecule is CCc1ccc(/C=C2/C(=O)NC(=O)N(c3ccc(OC)cc3)C2=O)cc1. The minimum absolute atomic E-state index is 0.0929. The average molecular weight is 350 g/mol. The number of aryl methyl sites for hydroxylation is 1. The van der Waals surface area contributed by atoms with Gasteiger partial charge in [-0.25, -0.2) is 9.69 Å². The van der Waals surface area contributed by atoms with Gasteiger partial charge >= 0.3 is 6.03 Å². The number of nitrogens with zero attached hydrogens (tertiary/aromatic N) is 1. The zero-order valence-corrected chi connectivity index (χ0v) is 14.5. The molecule has 6 heteroatoms. The third kappa shape index (κ3) is 3.35. The Hall–Kier alpha value is -3.41. The van der Waals surface area contributed by atoms with Crippen molar-refractivity contribution in [3.63, 3.8) is 0 Å². The van der Waals surface area contributed by atoms with Gasteiger partial charge in [0.05, 0.1) is 12.8 Å². The first-order valence-corrected chi connectivity index (χ1v) is 8.18. The molecule has 1 heterocycles. The zero-order valence-electron chi connectivity index (χ0n) is 14.5. The topological polar surface area (TPSA) is 75.7 Å². The number of hydrogen-bond donors (Lipinski definition) is 1. The van der Waals surface area contributed by atoms with Gasteiger partial charge in [0, 0.05) is 0 Å². The van der Waals surface area contributed by atoms with E-state index in [1.54, 1.807) is 24.3 Å². The van der Waals surface area contributed by atoms with E-state index in [1.165, 1.54) is 13.2 Å². The Kier molecular flexibility index (Phi) is 4.84. The smallest absolute Gasteiger partial charge is 0.335 e. The van der Waals surface area contributed by atoms with Crippen molar-refractivity contribution in [2.24, 2.45) is 0 Å².